The lowest BCUT2D eigenvalue weighted by atomic mass is 10.4. The molecule has 18 heavy (non-hydrogen) atoms. The molecule has 0 fully saturated rings. The Morgan fingerprint density at radius 2 is 1.39 bits per heavy atom. The zero-order valence-corrected chi connectivity index (χ0v) is 13.4. The number of hydrogen-bond acceptors (Lipinski definition) is 5. The quantitative estimate of drug-likeness (QED) is 0.392. The third-order valence-electron chi connectivity index (χ3n) is 2.48. The molecule has 0 atom stereocenters. The number of likely N-dealkylation sites (N-methyl/N-ethyl adjacent to an activating group) is 1. The maximum Gasteiger partial charge on any atom is 0.500 e. The van der Waals surface area contributed by atoms with Gasteiger partial charge < -0.3 is 23.9 Å². The van der Waals surface area contributed by atoms with Crippen molar-refractivity contribution in [2.24, 2.45) is 0 Å². The van der Waals surface area contributed by atoms with Crippen LogP contribution in [-0.2, 0) is 13.3 Å². The molecule has 0 bridgehead atoms. The van der Waals surface area contributed by atoms with Crippen molar-refractivity contribution >= 4 is 8.80 Å². The molecule has 0 aliphatic heterocycles. The maximum absolute atomic E-state index is 5.79. The fourth-order valence-electron chi connectivity index (χ4n) is 1.77. The molecule has 0 aromatic heterocycles. The Hall–Kier alpha value is 0.0169. The summed E-state index contributed by atoms with van der Waals surface area (Å²) in [5.74, 6) is 0. The molecule has 2 N–H and O–H groups in total. The third-order valence-corrected chi connectivity index (χ3v) is 5.63. The van der Waals surface area contributed by atoms with Crippen LogP contribution < -0.4 is 10.6 Å². The molecule has 0 aromatic carbocycles. The van der Waals surface area contributed by atoms with E-state index in [1.165, 1.54) is 0 Å². The van der Waals surface area contributed by atoms with Crippen molar-refractivity contribution < 1.29 is 13.3 Å². The molecule has 0 aliphatic carbocycles. The molecule has 0 heterocycles. The lowest BCUT2D eigenvalue weighted by Crippen LogP contribution is -2.46. The highest BCUT2D eigenvalue weighted by molar-refractivity contribution is 6.60. The minimum absolute atomic E-state index is 0.652. The summed E-state index contributed by atoms with van der Waals surface area (Å²) in [5, 5.41) is 6.49. The van der Waals surface area contributed by atoms with Crippen molar-refractivity contribution in [3.63, 3.8) is 0 Å². The zero-order chi connectivity index (χ0) is 13.7. The molecule has 0 saturated carbocycles. The number of rotatable bonds is 13. The Balaban J connectivity index is 3.97. The van der Waals surface area contributed by atoms with E-state index in [0.29, 0.717) is 19.8 Å². The van der Waals surface area contributed by atoms with Crippen LogP contribution in [0.15, 0.2) is 0 Å². The second-order valence-electron chi connectivity index (χ2n) is 3.94. The van der Waals surface area contributed by atoms with E-state index in [1.807, 2.05) is 27.8 Å². The fraction of sp³-hybridized carbons (Fsp3) is 1.00. The standard InChI is InChI=1S/C12H30N2O3Si/c1-5-15-18(16-6-2,17-7-3)12-8-9-14-11-10-13-4/h13-14H,5-12H2,1-4H3. The van der Waals surface area contributed by atoms with Crippen LogP contribution in [-0.4, -0.2) is 55.3 Å². The SMILES string of the molecule is CCO[Si](CCCNCCNC)(OCC)OCC. The molecule has 0 rings (SSSR count). The van der Waals surface area contributed by atoms with Crippen LogP contribution in [0, 0.1) is 0 Å². The summed E-state index contributed by atoms with van der Waals surface area (Å²) in [6.45, 7) is 10.9. The van der Waals surface area contributed by atoms with Gasteiger partial charge in [0, 0.05) is 39.0 Å². The van der Waals surface area contributed by atoms with Gasteiger partial charge in [-0.2, -0.15) is 0 Å². The first kappa shape index (κ1) is 18.0. The second-order valence-corrected chi connectivity index (χ2v) is 6.67. The van der Waals surface area contributed by atoms with Crippen molar-refractivity contribution in [2.45, 2.75) is 33.2 Å². The summed E-state index contributed by atoms with van der Waals surface area (Å²) < 4.78 is 17.4. The topological polar surface area (TPSA) is 51.8 Å². The van der Waals surface area contributed by atoms with Crippen molar-refractivity contribution in [1.82, 2.24) is 10.6 Å². The minimum Gasteiger partial charge on any atom is -0.374 e. The minimum atomic E-state index is -2.42. The van der Waals surface area contributed by atoms with Gasteiger partial charge in [0.05, 0.1) is 0 Å². The zero-order valence-electron chi connectivity index (χ0n) is 12.4. The van der Waals surface area contributed by atoms with Crippen molar-refractivity contribution in [3.05, 3.63) is 0 Å². The summed E-state index contributed by atoms with van der Waals surface area (Å²) in [6.07, 6.45) is 1.02. The van der Waals surface area contributed by atoms with E-state index in [-0.39, 0.29) is 0 Å². The van der Waals surface area contributed by atoms with Crippen LogP contribution in [0.1, 0.15) is 27.2 Å². The molecule has 5 nitrogen and oxygen atoms in total. The van der Waals surface area contributed by atoms with Gasteiger partial charge in [-0.3, -0.25) is 0 Å². The van der Waals surface area contributed by atoms with Gasteiger partial charge in [-0.25, -0.2) is 0 Å². The molecule has 0 aliphatic rings. The van der Waals surface area contributed by atoms with Crippen molar-refractivity contribution in [1.29, 1.82) is 0 Å². The molecule has 6 heteroatoms. The molecule has 0 spiro atoms. The summed E-state index contributed by atoms with van der Waals surface area (Å²) in [6, 6.07) is 0.884. The van der Waals surface area contributed by atoms with Crippen molar-refractivity contribution in [3.8, 4) is 0 Å². The molecule has 0 saturated heterocycles. The van der Waals surface area contributed by atoms with Crippen LogP contribution in [0.4, 0.5) is 0 Å². The van der Waals surface area contributed by atoms with Gasteiger partial charge in [-0.15, -0.1) is 0 Å². The number of hydrogen-bond donors (Lipinski definition) is 2. The van der Waals surface area contributed by atoms with E-state index in [2.05, 4.69) is 10.6 Å². The van der Waals surface area contributed by atoms with E-state index in [0.717, 1.165) is 32.1 Å². The highest BCUT2D eigenvalue weighted by Crippen LogP contribution is 2.17. The van der Waals surface area contributed by atoms with Gasteiger partial charge in [0.25, 0.3) is 0 Å². The third kappa shape index (κ3) is 8.18. The molecular weight excluding hydrogens is 248 g/mol. The van der Waals surface area contributed by atoms with Gasteiger partial charge >= 0.3 is 8.80 Å². The fourth-order valence-corrected chi connectivity index (χ4v) is 4.38. The Morgan fingerprint density at radius 1 is 0.833 bits per heavy atom. The van der Waals surface area contributed by atoms with Gasteiger partial charge in [0.15, 0.2) is 0 Å². The molecule has 0 radical (unpaired) electrons. The largest absolute Gasteiger partial charge is 0.500 e. The summed E-state index contributed by atoms with van der Waals surface area (Å²) in [4.78, 5) is 0. The lowest BCUT2D eigenvalue weighted by Gasteiger charge is -2.28. The monoisotopic (exact) mass is 278 g/mol. The summed E-state index contributed by atoms with van der Waals surface area (Å²) >= 11 is 0. The van der Waals surface area contributed by atoms with E-state index < -0.39 is 8.80 Å². The van der Waals surface area contributed by atoms with E-state index >= 15 is 0 Å². The average Bonchev–Trinajstić information content (AvgIpc) is 2.35. The van der Waals surface area contributed by atoms with Gasteiger partial charge in [-0.05, 0) is 40.8 Å². The first-order valence-electron chi connectivity index (χ1n) is 7.01. The van der Waals surface area contributed by atoms with Crippen LogP contribution >= 0.6 is 0 Å². The highest BCUT2D eigenvalue weighted by Gasteiger charge is 2.39. The average molecular weight is 278 g/mol. The Bertz CT molecular complexity index is 168. The van der Waals surface area contributed by atoms with Crippen LogP contribution in [0.3, 0.4) is 0 Å². The summed E-state index contributed by atoms with van der Waals surface area (Å²) in [5.41, 5.74) is 0. The van der Waals surface area contributed by atoms with Crippen LogP contribution in [0.5, 0.6) is 0 Å². The molecule has 110 valence electrons. The van der Waals surface area contributed by atoms with Crippen LogP contribution in [0.25, 0.3) is 0 Å². The van der Waals surface area contributed by atoms with Crippen molar-refractivity contribution in [2.75, 3.05) is 46.5 Å². The molecule has 0 unspecified atom stereocenters. The van der Waals surface area contributed by atoms with Crippen LogP contribution in [0.2, 0.25) is 6.04 Å². The van der Waals surface area contributed by atoms with Gasteiger partial charge in [-0.1, -0.05) is 0 Å². The van der Waals surface area contributed by atoms with Gasteiger partial charge in [0.2, 0.25) is 0 Å². The molecular formula is C12H30N2O3Si. The predicted molar refractivity (Wildman–Crippen MR) is 76.9 cm³/mol. The molecule has 0 amide bonds. The predicted octanol–water partition coefficient (Wildman–Crippen LogP) is 1.23. The first-order chi connectivity index (χ1) is 8.74. The van der Waals surface area contributed by atoms with E-state index in [1.54, 1.807) is 0 Å². The smallest absolute Gasteiger partial charge is 0.374 e. The highest BCUT2D eigenvalue weighted by atomic mass is 28.4. The molecule has 0 aromatic rings. The Morgan fingerprint density at radius 3 is 1.83 bits per heavy atom. The Labute approximate surface area is 113 Å². The second kappa shape index (κ2) is 12.1. The summed E-state index contributed by atoms with van der Waals surface area (Å²) in [7, 11) is -0.462. The lowest BCUT2D eigenvalue weighted by molar-refractivity contribution is 0.0708. The normalized spacial score (nSPS) is 12.0. The van der Waals surface area contributed by atoms with E-state index in [4.69, 9.17) is 13.3 Å². The maximum atomic E-state index is 5.79. The van der Waals surface area contributed by atoms with Gasteiger partial charge in [0.1, 0.15) is 0 Å². The Kier molecular flexibility index (Phi) is 12.1. The van der Waals surface area contributed by atoms with E-state index in [9.17, 15) is 0 Å². The number of nitrogens with one attached hydrogen (secondary N) is 2. The first-order valence-corrected chi connectivity index (χ1v) is 8.95.